The second-order valence-corrected chi connectivity index (χ2v) is 5.11. The maximum Gasteiger partial charge on any atom is 0.265 e. The number of aryl methyl sites for hydroxylation is 1. The van der Waals surface area contributed by atoms with Crippen molar-refractivity contribution in [2.24, 2.45) is 0 Å². The molecule has 0 spiro atoms. The molecule has 0 saturated heterocycles. The van der Waals surface area contributed by atoms with Gasteiger partial charge < -0.3 is 10.6 Å². The van der Waals surface area contributed by atoms with Gasteiger partial charge in [0.05, 0.1) is 16.3 Å². The van der Waals surface area contributed by atoms with Crippen LogP contribution in [-0.4, -0.2) is 11.8 Å². The van der Waals surface area contributed by atoms with Gasteiger partial charge in [0.1, 0.15) is 0 Å². The first-order chi connectivity index (χ1) is 9.06. The minimum atomic E-state index is -0.176. The van der Waals surface area contributed by atoms with Crippen LogP contribution in [0, 0.1) is 6.92 Å². The molecule has 0 fully saturated rings. The second kappa shape index (κ2) is 5.67. The zero-order valence-electron chi connectivity index (χ0n) is 10.7. The van der Waals surface area contributed by atoms with Gasteiger partial charge in [-0.3, -0.25) is 9.59 Å². The predicted molar refractivity (Wildman–Crippen MR) is 77.8 cm³/mol. The van der Waals surface area contributed by atoms with Crippen LogP contribution in [0.1, 0.15) is 22.2 Å². The Hall–Kier alpha value is -2.14. The molecule has 5 heteroatoms. The van der Waals surface area contributed by atoms with Gasteiger partial charge in [0.2, 0.25) is 5.91 Å². The Kier molecular flexibility index (Phi) is 3.97. The summed E-state index contributed by atoms with van der Waals surface area (Å²) >= 11 is 1.37. The highest BCUT2D eigenvalue weighted by Gasteiger charge is 2.10. The molecule has 0 radical (unpaired) electrons. The highest BCUT2D eigenvalue weighted by Crippen LogP contribution is 2.24. The summed E-state index contributed by atoms with van der Waals surface area (Å²) in [4.78, 5) is 23.8. The van der Waals surface area contributed by atoms with Gasteiger partial charge in [0, 0.05) is 6.92 Å². The van der Waals surface area contributed by atoms with E-state index >= 15 is 0 Å². The molecule has 2 amide bonds. The van der Waals surface area contributed by atoms with E-state index in [1.54, 1.807) is 12.1 Å². The van der Waals surface area contributed by atoms with E-state index in [2.05, 4.69) is 10.6 Å². The first kappa shape index (κ1) is 13.3. The van der Waals surface area contributed by atoms with E-state index in [1.807, 2.05) is 30.5 Å². The maximum atomic E-state index is 12.0. The van der Waals surface area contributed by atoms with Crippen LogP contribution in [-0.2, 0) is 4.79 Å². The molecule has 0 aliphatic carbocycles. The number of amides is 2. The zero-order chi connectivity index (χ0) is 13.8. The summed E-state index contributed by atoms with van der Waals surface area (Å²) in [5.74, 6) is -0.345. The number of hydrogen-bond donors (Lipinski definition) is 2. The largest absolute Gasteiger partial charge is 0.325 e. The summed E-state index contributed by atoms with van der Waals surface area (Å²) in [5, 5.41) is 7.36. The Morgan fingerprint density at radius 3 is 2.53 bits per heavy atom. The average Bonchev–Trinajstić information content (AvgIpc) is 2.85. The summed E-state index contributed by atoms with van der Waals surface area (Å²) in [6.07, 6.45) is 0. The van der Waals surface area contributed by atoms with E-state index in [0.29, 0.717) is 16.3 Å². The molecule has 1 heterocycles. The van der Waals surface area contributed by atoms with E-state index in [0.717, 1.165) is 5.56 Å². The molecule has 1 aromatic carbocycles. The van der Waals surface area contributed by atoms with Crippen LogP contribution in [0.15, 0.2) is 35.7 Å². The molecule has 0 unspecified atom stereocenters. The predicted octanol–water partition coefficient (Wildman–Crippen LogP) is 3.27. The van der Waals surface area contributed by atoms with Gasteiger partial charge in [0.25, 0.3) is 5.91 Å². The van der Waals surface area contributed by atoms with Gasteiger partial charge in [-0.05, 0) is 36.1 Å². The van der Waals surface area contributed by atoms with Crippen LogP contribution in [0.2, 0.25) is 0 Å². The van der Waals surface area contributed by atoms with Crippen LogP contribution >= 0.6 is 11.3 Å². The van der Waals surface area contributed by atoms with Crippen molar-refractivity contribution in [1.29, 1.82) is 0 Å². The lowest BCUT2D eigenvalue weighted by molar-refractivity contribution is -0.114. The van der Waals surface area contributed by atoms with Crippen molar-refractivity contribution in [2.45, 2.75) is 13.8 Å². The highest BCUT2D eigenvalue weighted by atomic mass is 32.1. The Morgan fingerprint density at radius 1 is 1.11 bits per heavy atom. The van der Waals surface area contributed by atoms with E-state index < -0.39 is 0 Å². The fourth-order valence-corrected chi connectivity index (χ4v) is 2.27. The molecule has 0 atom stereocenters. The summed E-state index contributed by atoms with van der Waals surface area (Å²) < 4.78 is 0. The Balaban J connectivity index is 2.24. The molecule has 2 N–H and O–H groups in total. The Bertz CT molecular complexity index is 606. The standard InChI is InChI=1S/C14H14N2O2S/c1-9-5-6-11(12(8-9)15-10(2)17)16-14(18)13-4-3-7-19-13/h3-8H,1-2H3,(H,15,17)(H,16,18). The molecule has 4 nitrogen and oxygen atoms in total. The second-order valence-electron chi connectivity index (χ2n) is 4.16. The van der Waals surface area contributed by atoms with Gasteiger partial charge in [-0.15, -0.1) is 11.3 Å². The number of carbonyl (C=O) groups excluding carboxylic acids is 2. The highest BCUT2D eigenvalue weighted by molar-refractivity contribution is 7.12. The van der Waals surface area contributed by atoms with Crippen LogP contribution in [0.5, 0.6) is 0 Å². The molecule has 2 aromatic rings. The van der Waals surface area contributed by atoms with Crippen LogP contribution in [0.25, 0.3) is 0 Å². The number of rotatable bonds is 3. The van der Waals surface area contributed by atoms with Gasteiger partial charge in [-0.25, -0.2) is 0 Å². The first-order valence-corrected chi connectivity index (χ1v) is 6.67. The first-order valence-electron chi connectivity index (χ1n) is 5.79. The molecule has 19 heavy (non-hydrogen) atoms. The molecule has 0 aliphatic rings. The fourth-order valence-electron chi connectivity index (χ4n) is 1.65. The van der Waals surface area contributed by atoms with Gasteiger partial charge in [-0.2, -0.15) is 0 Å². The van der Waals surface area contributed by atoms with Crippen LogP contribution in [0.4, 0.5) is 11.4 Å². The van der Waals surface area contributed by atoms with Crippen molar-refractivity contribution in [3.05, 3.63) is 46.2 Å². The molecule has 2 rings (SSSR count). The van der Waals surface area contributed by atoms with Gasteiger partial charge in [0.15, 0.2) is 0 Å². The summed E-state index contributed by atoms with van der Waals surface area (Å²) in [7, 11) is 0. The van der Waals surface area contributed by atoms with E-state index in [1.165, 1.54) is 18.3 Å². The van der Waals surface area contributed by atoms with Crippen LogP contribution < -0.4 is 10.6 Å². The number of carbonyl (C=O) groups is 2. The third-order valence-electron chi connectivity index (χ3n) is 2.48. The fraction of sp³-hybridized carbons (Fsp3) is 0.143. The average molecular weight is 274 g/mol. The molecule has 98 valence electrons. The van der Waals surface area contributed by atoms with Gasteiger partial charge in [-0.1, -0.05) is 12.1 Å². The third-order valence-corrected chi connectivity index (χ3v) is 3.35. The summed E-state index contributed by atoms with van der Waals surface area (Å²) in [5.41, 5.74) is 2.22. The lowest BCUT2D eigenvalue weighted by atomic mass is 10.2. The van der Waals surface area contributed by atoms with Crippen molar-refractivity contribution < 1.29 is 9.59 Å². The van der Waals surface area contributed by atoms with Gasteiger partial charge >= 0.3 is 0 Å². The Labute approximate surface area is 115 Å². The molecule has 1 aromatic heterocycles. The van der Waals surface area contributed by atoms with Crippen molar-refractivity contribution in [3.8, 4) is 0 Å². The number of hydrogen-bond acceptors (Lipinski definition) is 3. The van der Waals surface area contributed by atoms with Crippen LogP contribution in [0.3, 0.4) is 0 Å². The zero-order valence-corrected chi connectivity index (χ0v) is 11.5. The minimum Gasteiger partial charge on any atom is -0.325 e. The smallest absolute Gasteiger partial charge is 0.265 e. The van der Waals surface area contributed by atoms with Crippen molar-refractivity contribution in [3.63, 3.8) is 0 Å². The monoisotopic (exact) mass is 274 g/mol. The van der Waals surface area contributed by atoms with E-state index in [4.69, 9.17) is 0 Å². The number of nitrogens with one attached hydrogen (secondary N) is 2. The number of anilines is 2. The molecule has 0 bridgehead atoms. The van der Waals surface area contributed by atoms with Crippen molar-refractivity contribution >= 4 is 34.5 Å². The summed E-state index contributed by atoms with van der Waals surface area (Å²) in [6.45, 7) is 3.36. The normalized spacial score (nSPS) is 10.0. The third kappa shape index (κ3) is 3.42. The van der Waals surface area contributed by atoms with Crippen molar-refractivity contribution in [2.75, 3.05) is 10.6 Å². The Morgan fingerprint density at radius 2 is 1.89 bits per heavy atom. The minimum absolute atomic E-state index is 0.169. The SMILES string of the molecule is CC(=O)Nc1cc(C)ccc1NC(=O)c1cccs1. The number of benzene rings is 1. The molecule has 0 aliphatic heterocycles. The van der Waals surface area contributed by atoms with E-state index in [9.17, 15) is 9.59 Å². The van der Waals surface area contributed by atoms with E-state index in [-0.39, 0.29) is 11.8 Å². The maximum absolute atomic E-state index is 12.0. The summed E-state index contributed by atoms with van der Waals surface area (Å²) in [6, 6.07) is 9.07. The molecular formula is C14H14N2O2S. The van der Waals surface area contributed by atoms with Crippen molar-refractivity contribution in [1.82, 2.24) is 0 Å². The quantitative estimate of drug-likeness (QED) is 0.902. The molecule has 0 saturated carbocycles. The number of thiophene rings is 1. The topological polar surface area (TPSA) is 58.2 Å². The lowest BCUT2D eigenvalue weighted by Gasteiger charge is -2.11. The molecular weight excluding hydrogens is 260 g/mol. The lowest BCUT2D eigenvalue weighted by Crippen LogP contribution is -2.14.